The molecular weight excluding hydrogens is 297 g/mol. The lowest BCUT2D eigenvalue weighted by Gasteiger charge is -2.17. The van der Waals surface area contributed by atoms with Crippen LogP contribution >= 0.6 is 23.2 Å². The van der Waals surface area contributed by atoms with Gasteiger partial charge in [-0.05, 0) is 17.7 Å². The summed E-state index contributed by atoms with van der Waals surface area (Å²) in [6.45, 7) is 3.28. The Morgan fingerprint density at radius 1 is 1.39 bits per heavy atom. The molecule has 0 saturated carbocycles. The second kappa shape index (κ2) is 6.04. The number of likely N-dealkylation sites (N-methyl/N-ethyl adjacent to an activating group) is 1. The molecule has 0 saturated heterocycles. The molecule has 0 bridgehead atoms. The third-order valence-corrected chi connectivity index (χ3v) is 4.99. The Morgan fingerprint density at radius 2 is 2.00 bits per heavy atom. The molecule has 0 amide bonds. The summed E-state index contributed by atoms with van der Waals surface area (Å²) in [5.74, 6) is 0. The van der Waals surface area contributed by atoms with E-state index in [-0.39, 0.29) is 28.1 Å². The fraction of sp³-hybridized carbons (Fsp3) is 0.273. The molecule has 0 radical (unpaired) electrons. The molecule has 0 atom stereocenters. The van der Waals surface area contributed by atoms with Gasteiger partial charge in [-0.25, -0.2) is 8.42 Å². The highest BCUT2D eigenvalue weighted by molar-refractivity contribution is 7.89. The van der Waals surface area contributed by atoms with E-state index in [1.807, 2.05) is 0 Å². The molecule has 18 heavy (non-hydrogen) atoms. The molecule has 100 valence electrons. The van der Waals surface area contributed by atoms with Crippen molar-refractivity contribution in [3.05, 3.63) is 40.4 Å². The van der Waals surface area contributed by atoms with Crippen molar-refractivity contribution in [1.29, 1.82) is 0 Å². The van der Waals surface area contributed by atoms with Gasteiger partial charge in [0.2, 0.25) is 10.0 Å². The number of rotatable bonds is 5. The topological polar surface area (TPSA) is 57.6 Å². The molecule has 0 fully saturated rings. The van der Waals surface area contributed by atoms with Gasteiger partial charge in [-0.3, -0.25) is 0 Å². The minimum Gasteiger partial charge on any atom is -0.392 e. The van der Waals surface area contributed by atoms with Crippen molar-refractivity contribution in [3.63, 3.8) is 0 Å². The Bertz CT molecular complexity index is 558. The van der Waals surface area contributed by atoms with Gasteiger partial charge in [-0.2, -0.15) is 4.31 Å². The Balaban J connectivity index is 3.36. The van der Waals surface area contributed by atoms with Crippen LogP contribution in [0.3, 0.4) is 0 Å². The molecule has 4 nitrogen and oxygen atoms in total. The Kier molecular flexibility index (Phi) is 5.19. The molecule has 0 spiro atoms. The summed E-state index contributed by atoms with van der Waals surface area (Å²) in [5.41, 5.74) is 0.312. The normalized spacial score (nSPS) is 11.8. The Hall–Kier alpha value is -0.590. The molecule has 0 aliphatic heterocycles. The van der Waals surface area contributed by atoms with Crippen molar-refractivity contribution in [1.82, 2.24) is 4.31 Å². The quantitative estimate of drug-likeness (QED) is 0.849. The first-order chi connectivity index (χ1) is 8.34. The fourth-order valence-corrected chi connectivity index (χ4v) is 3.31. The van der Waals surface area contributed by atoms with E-state index < -0.39 is 10.0 Å². The van der Waals surface area contributed by atoms with E-state index in [9.17, 15) is 8.42 Å². The zero-order chi connectivity index (χ0) is 13.9. The van der Waals surface area contributed by atoms with E-state index in [4.69, 9.17) is 28.3 Å². The van der Waals surface area contributed by atoms with Gasteiger partial charge in [0.05, 0.1) is 11.6 Å². The first kappa shape index (κ1) is 15.5. The summed E-state index contributed by atoms with van der Waals surface area (Å²) >= 11 is 11.7. The van der Waals surface area contributed by atoms with Crippen molar-refractivity contribution in [2.75, 3.05) is 13.6 Å². The van der Waals surface area contributed by atoms with Crippen LogP contribution in [0.4, 0.5) is 0 Å². The predicted octanol–water partition coefficient (Wildman–Crippen LogP) is 2.29. The van der Waals surface area contributed by atoms with Crippen LogP contribution in [-0.4, -0.2) is 31.4 Å². The number of hydrogen-bond donors (Lipinski definition) is 1. The number of sulfonamides is 1. The standard InChI is InChI=1S/C11H13Cl2NO3S/c1-3-4-14(2)18(16,17)11-5-8(7-15)9(12)6-10(11)13/h3,5-6,15H,1,4,7H2,2H3. The summed E-state index contributed by atoms with van der Waals surface area (Å²) in [4.78, 5) is -0.0815. The minimum absolute atomic E-state index is 0.0214. The highest BCUT2D eigenvalue weighted by Gasteiger charge is 2.24. The molecule has 1 aromatic rings. The Morgan fingerprint density at radius 3 is 2.50 bits per heavy atom. The maximum Gasteiger partial charge on any atom is 0.244 e. The number of halogens is 2. The van der Waals surface area contributed by atoms with Crippen LogP contribution in [0.5, 0.6) is 0 Å². The number of hydrogen-bond acceptors (Lipinski definition) is 3. The van der Waals surface area contributed by atoms with Gasteiger partial charge in [-0.1, -0.05) is 29.3 Å². The zero-order valence-electron chi connectivity index (χ0n) is 9.73. The maximum absolute atomic E-state index is 12.2. The van der Waals surface area contributed by atoms with Crippen molar-refractivity contribution in [3.8, 4) is 0 Å². The zero-order valence-corrected chi connectivity index (χ0v) is 12.1. The van der Waals surface area contributed by atoms with Gasteiger partial charge in [-0.15, -0.1) is 6.58 Å². The molecule has 1 rings (SSSR count). The fourth-order valence-electron chi connectivity index (χ4n) is 1.34. The van der Waals surface area contributed by atoms with Crippen molar-refractivity contribution < 1.29 is 13.5 Å². The third-order valence-electron chi connectivity index (χ3n) is 2.35. The van der Waals surface area contributed by atoms with Crippen LogP contribution < -0.4 is 0 Å². The average Bonchev–Trinajstić information content (AvgIpc) is 2.29. The molecule has 0 aliphatic rings. The monoisotopic (exact) mass is 309 g/mol. The smallest absolute Gasteiger partial charge is 0.244 e. The molecule has 1 N–H and O–H groups in total. The summed E-state index contributed by atoms with van der Waals surface area (Å²) < 4.78 is 25.5. The van der Waals surface area contributed by atoms with Crippen LogP contribution in [0.1, 0.15) is 5.56 Å². The van der Waals surface area contributed by atoms with Crippen molar-refractivity contribution in [2.45, 2.75) is 11.5 Å². The first-order valence-electron chi connectivity index (χ1n) is 5.00. The largest absolute Gasteiger partial charge is 0.392 e. The van der Waals surface area contributed by atoms with Gasteiger partial charge in [0.15, 0.2) is 0 Å². The number of aliphatic hydroxyl groups is 1. The molecular formula is C11H13Cl2NO3S. The van der Waals surface area contributed by atoms with E-state index in [0.717, 1.165) is 4.31 Å². The van der Waals surface area contributed by atoms with Gasteiger partial charge in [0.25, 0.3) is 0 Å². The van der Waals surface area contributed by atoms with Crippen molar-refractivity contribution >= 4 is 33.2 Å². The van der Waals surface area contributed by atoms with Crippen LogP contribution in [-0.2, 0) is 16.6 Å². The van der Waals surface area contributed by atoms with Crippen LogP contribution in [0.25, 0.3) is 0 Å². The number of benzene rings is 1. The Labute approximate surface area is 116 Å². The van der Waals surface area contributed by atoms with Gasteiger partial charge >= 0.3 is 0 Å². The summed E-state index contributed by atoms with van der Waals surface area (Å²) in [6, 6.07) is 2.59. The van der Waals surface area contributed by atoms with Crippen molar-refractivity contribution in [2.24, 2.45) is 0 Å². The lowest BCUT2D eigenvalue weighted by atomic mass is 10.2. The predicted molar refractivity (Wildman–Crippen MR) is 72.4 cm³/mol. The van der Waals surface area contributed by atoms with Crippen LogP contribution in [0.15, 0.2) is 29.7 Å². The molecule has 0 aliphatic carbocycles. The van der Waals surface area contributed by atoms with Gasteiger partial charge in [0.1, 0.15) is 4.90 Å². The summed E-state index contributed by atoms with van der Waals surface area (Å²) in [7, 11) is -2.30. The van der Waals surface area contributed by atoms with Crippen LogP contribution in [0, 0.1) is 0 Å². The third kappa shape index (κ3) is 3.05. The average molecular weight is 310 g/mol. The van der Waals surface area contributed by atoms with E-state index in [2.05, 4.69) is 6.58 Å². The molecule has 7 heteroatoms. The lowest BCUT2D eigenvalue weighted by molar-refractivity contribution is 0.281. The minimum atomic E-state index is -3.72. The SMILES string of the molecule is C=CCN(C)S(=O)(=O)c1cc(CO)c(Cl)cc1Cl. The van der Waals surface area contributed by atoms with Crippen LogP contribution in [0.2, 0.25) is 10.0 Å². The van der Waals surface area contributed by atoms with Gasteiger partial charge < -0.3 is 5.11 Å². The van der Waals surface area contributed by atoms with E-state index in [1.165, 1.54) is 25.3 Å². The second-order valence-corrected chi connectivity index (χ2v) is 6.43. The molecule has 0 aromatic heterocycles. The molecule has 1 aromatic carbocycles. The molecule has 0 heterocycles. The van der Waals surface area contributed by atoms with E-state index in [0.29, 0.717) is 5.56 Å². The highest BCUT2D eigenvalue weighted by atomic mass is 35.5. The first-order valence-corrected chi connectivity index (χ1v) is 7.20. The lowest BCUT2D eigenvalue weighted by Crippen LogP contribution is -2.27. The number of nitrogens with zero attached hydrogens (tertiary/aromatic N) is 1. The van der Waals surface area contributed by atoms with Gasteiger partial charge in [0, 0.05) is 18.6 Å². The number of aliphatic hydroxyl groups excluding tert-OH is 1. The summed E-state index contributed by atoms with van der Waals surface area (Å²) in [6.07, 6.45) is 1.47. The van der Waals surface area contributed by atoms with E-state index >= 15 is 0 Å². The molecule has 0 unspecified atom stereocenters. The summed E-state index contributed by atoms with van der Waals surface area (Å²) in [5, 5.41) is 9.34. The maximum atomic E-state index is 12.2. The highest BCUT2D eigenvalue weighted by Crippen LogP contribution is 2.30. The van der Waals surface area contributed by atoms with E-state index in [1.54, 1.807) is 0 Å². The second-order valence-electron chi connectivity index (χ2n) is 3.61.